The van der Waals surface area contributed by atoms with Gasteiger partial charge in [-0.15, -0.1) is 0 Å². The van der Waals surface area contributed by atoms with Crippen LogP contribution >= 0.6 is 28.1 Å². The van der Waals surface area contributed by atoms with Crippen molar-refractivity contribution in [1.29, 1.82) is 0 Å². The van der Waals surface area contributed by atoms with E-state index >= 15 is 0 Å². The Morgan fingerprint density at radius 2 is 2.04 bits per heavy atom. The van der Waals surface area contributed by atoms with Crippen LogP contribution in [0.1, 0.15) is 32.5 Å². The Hall–Kier alpha value is -2.26. The van der Waals surface area contributed by atoms with Crippen molar-refractivity contribution in [2.45, 2.75) is 32.9 Å². The zero-order valence-electron chi connectivity index (χ0n) is 14.5. The lowest BCUT2D eigenvalue weighted by molar-refractivity contribution is -0.143. The van der Waals surface area contributed by atoms with Crippen LogP contribution < -0.4 is 10.6 Å². The molecule has 1 aromatic heterocycles. The molecule has 0 bridgehead atoms. The number of ether oxygens (including phenoxy) is 1. The summed E-state index contributed by atoms with van der Waals surface area (Å²) in [6.45, 7) is 5.40. The summed E-state index contributed by atoms with van der Waals surface area (Å²) in [5.41, 5.74) is 2.47. The molecule has 1 aliphatic rings. The van der Waals surface area contributed by atoms with E-state index in [0.717, 1.165) is 10.2 Å². The number of halogens is 1. The molecule has 1 aliphatic heterocycles. The van der Waals surface area contributed by atoms with Crippen molar-refractivity contribution in [2.24, 2.45) is 0 Å². The van der Waals surface area contributed by atoms with Gasteiger partial charge in [-0.25, -0.2) is 4.79 Å². The summed E-state index contributed by atoms with van der Waals surface area (Å²) < 4.78 is 6.34. The molecule has 0 radical (unpaired) electrons. The van der Waals surface area contributed by atoms with Gasteiger partial charge in [0.15, 0.2) is 5.11 Å². The molecule has 1 aromatic carbocycles. The van der Waals surface area contributed by atoms with E-state index in [2.05, 4.69) is 36.8 Å². The van der Waals surface area contributed by atoms with E-state index in [4.69, 9.17) is 17.0 Å². The number of benzene rings is 1. The SMILES string of the molecule is CC1=C(C(=O)OC(C)C)C(c2cnn(-c3ccc(Br)cc3)n2)NC(=S)N1. The number of esters is 1. The largest absolute Gasteiger partial charge is 0.459 e. The van der Waals surface area contributed by atoms with Crippen LogP contribution in [0.25, 0.3) is 5.69 Å². The van der Waals surface area contributed by atoms with E-state index in [1.54, 1.807) is 27.0 Å². The minimum absolute atomic E-state index is 0.226. The number of allylic oxidation sites excluding steroid dienone is 1. The fourth-order valence-electron chi connectivity index (χ4n) is 2.57. The Labute approximate surface area is 164 Å². The van der Waals surface area contributed by atoms with Crippen LogP contribution in [0.15, 0.2) is 46.2 Å². The standard InChI is InChI=1S/C17H18BrN5O2S/c1-9(2)25-16(24)14-10(3)20-17(26)21-15(14)13-8-19-23(22-13)12-6-4-11(18)5-7-12/h4-9,15H,1-3H3,(H2,20,21,26). The first-order valence-corrected chi connectivity index (χ1v) is 9.22. The first-order valence-electron chi connectivity index (χ1n) is 8.02. The lowest BCUT2D eigenvalue weighted by atomic mass is 10.0. The maximum absolute atomic E-state index is 12.6. The number of hydrogen-bond acceptors (Lipinski definition) is 5. The molecule has 1 atom stereocenters. The summed E-state index contributed by atoms with van der Waals surface area (Å²) >= 11 is 8.64. The molecule has 3 rings (SSSR count). The molecule has 7 nitrogen and oxygen atoms in total. The number of carbonyl (C=O) groups excluding carboxylic acids is 1. The van der Waals surface area contributed by atoms with Crippen molar-refractivity contribution in [1.82, 2.24) is 25.6 Å². The first kappa shape index (κ1) is 18.5. The summed E-state index contributed by atoms with van der Waals surface area (Å²) in [5, 5.41) is 15.3. The van der Waals surface area contributed by atoms with Crippen LogP contribution in [0.2, 0.25) is 0 Å². The van der Waals surface area contributed by atoms with E-state index in [1.807, 2.05) is 24.3 Å². The quantitative estimate of drug-likeness (QED) is 0.564. The number of carbonyl (C=O) groups is 1. The van der Waals surface area contributed by atoms with Gasteiger partial charge in [0.05, 0.1) is 23.6 Å². The van der Waals surface area contributed by atoms with Gasteiger partial charge in [-0.2, -0.15) is 15.0 Å². The van der Waals surface area contributed by atoms with Gasteiger partial charge in [-0.3, -0.25) is 0 Å². The summed E-state index contributed by atoms with van der Waals surface area (Å²) in [7, 11) is 0. The second-order valence-electron chi connectivity index (χ2n) is 6.06. The van der Waals surface area contributed by atoms with Gasteiger partial charge in [0, 0.05) is 10.2 Å². The highest BCUT2D eigenvalue weighted by atomic mass is 79.9. The van der Waals surface area contributed by atoms with Crippen LogP contribution in [-0.2, 0) is 9.53 Å². The van der Waals surface area contributed by atoms with Gasteiger partial charge < -0.3 is 15.4 Å². The van der Waals surface area contributed by atoms with Crippen LogP contribution in [-0.4, -0.2) is 32.2 Å². The van der Waals surface area contributed by atoms with Crippen molar-refractivity contribution in [3.05, 3.63) is 51.9 Å². The van der Waals surface area contributed by atoms with Crippen molar-refractivity contribution >= 4 is 39.2 Å². The topological polar surface area (TPSA) is 81.1 Å². The second kappa shape index (κ2) is 7.55. The van der Waals surface area contributed by atoms with Gasteiger partial charge in [-0.1, -0.05) is 15.9 Å². The first-order chi connectivity index (χ1) is 12.3. The Morgan fingerprint density at radius 1 is 1.35 bits per heavy atom. The zero-order valence-corrected chi connectivity index (χ0v) is 16.9. The van der Waals surface area contributed by atoms with Crippen LogP contribution in [0.5, 0.6) is 0 Å². The fourth-order valence-corrected chi connectivity index (χ4v) is 3.11. The van der Waals surface area contributed by atoms with E-state index in [9.17, 15) is 4.79 Å². The van der Waals surface area contributed by atoms with Crippen molar-refractivity contribution in [3.63, 3.8) is 0 Å². The van der Waals surface area contributed by atoms with E-state index in [1.165, 1.54) is 4.80 Å². The number of aromatic nitrogens is 3. The third kappa shape index (κ3) is 3.94. The molecule has 0 aliphatic carbocycles. The van der Waals surface area contributed by atoms with E-state index in [0.29, 0.717) is 22.1 Å². The predicted molar refractivity (Wildman–Crippen MR) is 105 cm³/mol. The molecule has 0 saturated carbocycles. The number of thiocarbonyl (C=S) groups is 1. The predicted octanol–water partition coefficient (Wildman–Crippen LogP) is 2.77. The number of hydrogen-bond donors (Lipinski definition) is 2. The molecule has 0 saturated heterocycles. The normalized spacial score (nSPS) is 17.1. The fraction of sp³-hybridized carbons (Fsp3) is 0.294. The highest BCUT2D eigenvalue weighted by Gasteiger charge is 2.33. The molecule has 2 N–H and O–H groups in total. The average Bonchev–Trinajstić information content (AvgIpc) is 3.03. The Bertz CT molecular complexity index is 876. The third-order valence-corrected chi connectivity index (χ3v) is 4.44. The molecule has 0 spiro atoms. The summed E-state index contributed by atoms with van der Waals surface area (Å²) in [5.74, 6) is -0.414. The number of nitrogens with one attached hydrogen (secondary N) is 2. The summed E-state index contributed by atoms with van der Waals surface area (Å²) in [4.78, 5) is 14.1. The van der Waals surface area contributed by atoms with Crippen LogP contribution in [0.3, 0.4) is 0 Å². The van der Waals surface area contributed by atoms with Gasteiger partial charge in [-0.05, 0) is 57.3 Å². The molecule has 2 heterocycles. The minimum Gasteiger partial charge on any atom is -0.459 e. The number of nitrogens with zero attached hydrogens (tertiary/aromatic N) is 3. The summed E-state index contributed by atoms with van der Waals surface area (Å²) in [6.07, 6.45) is 1.39. The van der Waals surface area contributed by atoms with Gasteiger partial charge in [0.1, 0.15) is 11.7 Å². The maximum Gasteiger partial charge on any atom is 0.338 e. The van der Waals surface area contributed by atoms with Gasteiger partial charge in [0.25, 0.3) is 0 Å². The Balaban J connectivity index is 1.95. The summed E-state index contributed by atoms with van der Waals surface area (Å²) in [6, 6.07) is 7.07. The smallest absolute Gasteiger partial charge is 0.338 e. The van der Waals surface area contributed by atoms with E-state index < -0.39 is 12.0 Å². The molecule has 0 amide bonds. The molecule has 26 heavy (non-hydrogen) atoms. The molecule has 9 heteroatoms. The van der Waals surface area contributed by atoms with Crippen molar-refractivity contribution in [2.75, 3.05) is 0 Å². The van der Waals surface area contributed by atoms with E-state index in [-0.39, 0.29) is 6.10 Å². The lowest BCUT2D eigenvalue weighted by Gasteiger charge is -2.28. The van der Waals surface area contributed by atoms with Crippen molar-refractivity contribution in [3.8, 4) is 5.69 Å². The molecular formula is C17H18BrN5O2S. The molecule has 136 valence electrons. The Morgan fingerprint density at radius 3 is 2.69 bits per heavy atom. The average molecular weight is 436 g/mol. The highest BCUT2D eigenvalue weighted by molar-refractivity contribution is 9.10. The van der Waals surface area contributed by atoms with Gasteiger partial charge in [0.2, 0.25) is 0 Å². The second-order valence-corrected chi connectivity index (χ2v) is 7.38. The molecular weight excluding hydrogens is 418 g/mol. The molecule has 0 fully saturated rings. The molecule has 2 aromatic rings. The molecule has 1 unspecified atom stereocenters. The zero-order chi connectivity index (χ0) is 18.8. The minimum atomic E-state index is -0.529. The maximum atomic E-state index is 12.6. The highest BCUT2D eigenvalue weighted by Crippen LogP contribution is 2.27. The monoisotopic (exact) mass is 435 g/mol. The van der Waals surface area contributed by atoms with Crippen LogP contribution in [0.4, 0.5) is 0 Å². The van der Waals surface area contributed by atoms with Crippen molar-refractivity contribution < 1.29 is 9.53 Å². The van der Waals surface area contributed by atoms with Gasteiger partial charge >= 0.3 is 5.97 Å². The number of rotatable bonds is 4. The Kier molecular flexibility index (Phi) is 5.38. The third-order valence-electron chi connectivity index (χ3n) is 3.69. The van der Waals surface area contributed by atoms with Crippen LogP contribution in [0, 0.1) is 0 Å². The lowest BCUT2D eigenvalue weighted by Crippen LogP contribution is -2.45.